The summed E-state index contributed by atoms with van der Waals surface area (Å²) in [6, 6.07) is 20.3. The van der Waals surface area contributed by atoms with Crippen LogP contribution in [0.3, 0.4) is 0 Å². The zero-order chi connectivity index (χ0) is 22.9. The summed E-state index contributed by atoms with van der Waals surface area (Å²) in [5.41, 5.74) is -1.29. The third-order valence-electron chi connectivity index (χ3n) is 6.88. The molecule has 32 heavy (non-hydrogen) atoms. The van der Waals surface area contributed by atoms with Gasteiger partial charge in [-0.15, -0.1) is 0 Å². The predicted octanol–water partition coefficient (Wildman–Crippen LogP) is 5.13. The van der Waals surface area contributed by atoms with Crippen LogP contribution in [-0.4, -0.2) is 40.4 Å². The topological polar surface area (TPSA) is 27.7 Å². The van der Waals surface area contributed by atoms with Crippen LogP contribution in [-0.2, 0) is 13.9 Å². The maximum Gasteiger partial charge on any atom is 0.261 e. The van der Waals surface area contributed by atoms with Gasteiger partial charge in [-0.05, 0) is 34.7 Å². The Morgan fingerprint density at radius 2 is 1.50 bits per heavy atom. The SMILES string of the molecule is CC(C)(C)[Si](OC[C@]1(COC2CCCCO2)CC1(F)F)(c1ccccc1)c1ccccc1. The van der Waals surface area contributed by atoms with Gasteiger partial charge in [0.15, 0.2) is 6.29 Å². The van der Waals surface area contributed by atoms with Crippen LogP contribution in [0.15, 0.2) is 60.7 Å². The van der Waals surface area contributed by atoms with Crippen molar-refractivity contribution < 1.29 is 22.7 Å². The number of halogens is 2. The molecule has 0 aromatic heterocycles. The fourth-order valence-electron chi connectivity index (χ4n) is 4.84. The number of ether oxygens (including phenoxy) is 2. The summed E-state index contributed by atoms with van der Waals surface area (Å²) >= 11 is 0. The molecular weight excluding hydrogens is 426 g/mol. The summed E-state index contributed by atoms with van der Waals surface area (Å²) < 4.78 is 47.7. The number of benzene rings is 2. The normalized spacial score (nSPS) is 25.5. The van der Waals surface area contributed by atoms with Crippen molar-refractivity contribution in [2.45, 2.75) is 63.7 Å². The number of alkyl halides is 2. The summed E-state index contributed by atoms with van der Waals surface area (Å²) in [6.45, 7) is 7.03. The Balaban J connectivity index is 1.63. The molecule has 1 saturated carbocycles. The molecule has 1 saturated heterocycles. The second kappa shape index (κ2) is 8.97. The molecule has 1 aliphatic heterocycles. The number of hydrogen-bond acceptors (Lipinski definition) is 3. The minimum atomic E-state index is -2.87. The predicted molar refractivity (Wildman–Crippen MR) is 125 cm³/mol. The van der Waals surface area contributed by atoms with E-state index in [0.29, 0.717) is 6.61 Å². The van der Waals surface area contributed by atoms with Gasteiger partial charge in [-0.25, -0.2) is 8.78 Å². The van der Waals surface area contributed by atoms with Gasteiger partial charge in [0.1, 0.15) is 0 Å². The molecule has 0 N–H and O–H groups in total. The number of hydrogen-bond donors (Lipinski definition) is 0. The van der Waals surface area contributed by atoms with Crippen molar-refractivity contribution in [1.29, 1.82) is 0 Å². The molecule has 0 spiro atoms. The van der Waals surface area contributed by atoms with Gasteiger partial charge in [-0.1, -0.05) is 81.4 Å². The van der Waals surface area contributed by atoms with E-state index in [0.717, 1.165) is 29.6 Å². The van der Waals surface area contributed by atoms with Crippen molar-refractivity contribution in [2.24, 2.45) is 5.41 Å². The van der Waals surface area contributed by atoms with Gasteiger partial charge >= 0.3 is 0 Å². The molecule has 0 bridgehead atoms. The van der Waals surface area contributed by atoms with Crippen LogP contribution >= 0.6 is 0 Å². The Bertz CT molecular complexity index is 839. The molecule has 1 aliphatic carbocycles. The first-order valence-corrected chi connectivity index (χ1v) is 13.5. The highest BCUT2D eigenvalue weighted by atomic mass is 28.4. The zero-order valence-electron chi connectivity index (χ0n) is 19.3. The van der Waals surface area contributed by atoms with Gasteiger partial charge in [-0.2, -0.15) is 0 Å². The summed E-state index contributed by atoms with van der Waals surface area (Å²) in [5.74, 6) is -2.78. The van der Waals surface area contributed by atoms with Crippen LogP contribution in [0.4, 0.5) is 8.78 Å². The molecule has 3 nitrogen and oxygen atoms in total. The van der Waals surface area contributed by atoms with E-state index in [9.17, 15) is 8.78 Å². The third-order valence-corrected chi connectivity index (χ3v) is 11.9. The highest BCUT2D eigenvalue weighted by Crippen LogP contribution is 2.61. The first-order chi connectivity index (χ1) is 15.2. The fourth-order valence-corrected chi connectivity index (χ4v) is 9.49. The molecule has 4 rings (SSSR count). The minimum absolute atomic E-state index is 0.0278. The molecule has 0 amide bonds. The van der Waals surface area contributed by atoms with E-state index in [1.807, 2.05) is 36.4 Å². The Kier molecular flexibility index (Phi) is 6.60. The Morgan fingerprint density at radius 1 is 0.938 bits per heavy atom. The zero-order valence-corrected chi connectivity index (χ0v) is 20.3. The van der Waals surface area contributed by atoms with E-state index in [2.05, 4.69) is 45.0 Å². The van der Waals surface area contributed by atoms with Crippen molar-refractivity contribution in [3.63, 3.8) is 0 Å². The Labute approximate surface area is 191 Å². The van der Waals surface area contributed by atoms with Gasteiger partial charge < -0.3 is 13.9 Å². The molecule has 1 unspecified atom stereocenters. The average molecular weight is 461 g/mol. The van der Waals surface area contributed by atoms with Gasteiger partial charge in [-0.3, -0.25) is 0 Å². The fraction of sp³-hybridized carbons (Fsp3) is 0.538. The highest BCUT2D eigenvalue weighted by molar-refractivity contribution is 6.99. The van der Waals surface area contributed by atoms with Crippen molar-refractivity contribution in [3.8, 4) is 0 Å². The van der Waals surface area contributed by atoms with E-state index in [1.54, 1.807) is 0 Å². The van der Waals surface area contributed by atoms with E-state index >= 15 is 0 Å². The standard InChI is InChI=1S/C26H34F2O3Si/c1-24(2,3)32(21-12-6-4-7-13-21,22-14-8-5-9-15-22)31-20-25(18-26(25,27)28)19-30-23-16-10-11-17-29-23/h4-9,12-15,23H,10-11,16-20H2,1-3H3/t23?,25-/m1/s1. The molecule has 2 aromatic carbocycles. The first kappa shape index (κ1) is 23.6. The highest BCUT2D eigenvalue weighted by Gasteiger charge is 2.72. The van der Waals surface area contributed by atoms with Crippen molar-refractivity contribution in [3.05, 3.63) is 60.7 Å². The Morgan fingerprint density at radius 3 is 1.94 bits per heavy atom. The molecule has 0 radical (unpaired) electrons. The summed E-state index contributed by atoms with van der Waals surface area (Å²) in [4.78, 5) is 0. The molecule has 6 heteroatoms. The lowest BCUT2D eigenvalue weighted by Gasteiger charge is -2.44. The smallest absolute Gasteiger partial charge is 0.261 e. The van der Waals surface area contributed by atoms with Crippen molar-refractivity contribution in [2.75, 3.05) is 19.8 Å². The van der Waals surface area contributed by atoms with Crippen molar-refractivity contribution >= 4 is 18.7 Å². The average Bonchev–Trinajstić information content (AvgIpc) is 3.34. The molecule has 2 aromatic rings. The minimum Gasteiger partial charge on any atom is -0.407 e. The van der Waals surface area contributed by atoms with Gasteiger partial charge in [0, 0.05) is 19.6 Å². The first-order valence-electron chi connectivity index (χ1n) is 11.6. The Hall–Kier alpha value is -1.60. The van der Waals surface area contributed by atoms with E-state index < -0.39 is 19.7 Å². The van der Waals surface area contributed by atoms with Gasteiger partial charge in [0.2, 0.25) is 0 Å². The van der Waals surface area contributed by atoms with Crippen LogP contribution in [0.1, 0.15) is 46.5 Å². The van der Waals surface area contributed by atoms with E-state index in [-0.39, 0.29) is 31.0 Å². The quantitative estimate of drug-likeness (QED) is 0.511. The van der Waals surface area contributed by atoms with E-state index in [4.69, 9.17) is 13.9 Å². The van der Waals surface area contributed by atoms with Crippen LogP contribution < -0.4 is 10.4 Å². The van der Waals surface area contributed by atoms with Crippen molar-refractivity contribution in [1.82, 2.24) is 0 Å². The number of rotatable bonds is 8. The van der Waals surface area contributed by atoms with Crippen LogP contribution in [0.25, 0.3) is 0 Å². The second-order valence-electron chi connectivity index (χ2n) is 10.2. The summed E-state index contributed by atoms with van der Waals surface area (Å²) in [6.07, 6.45) is 2.18. The molecule has 2 fully saturated rings. The van der Waals surface area contributed by atoms with Crippen LogP contribution in [0.2, 0.25) is 5.04 Å². The largest absolute Gasteiger partial charge is 0.407 e. The lowest BCUT2D eigenvalue weighted by Crippen LogP contribution is -2.67. The molecule has 2 atom stereocenters. The van der Waals surface area contributed by atoms with E-state index in [1.165, 1.54) is 0 Å². The maximum atomic E-state index is 14.7. The maximum absolute atomic E-state index is 14.7. The lowest BCUT2D eigenvalue weighted by molar-refractivity contribution is -0.179. The summed E-state index contributed by atoms with van der Waals surface area (Å²) in [7, 11) is -2.87. The molecule has 174 valence electrons. The second-order valence-corrected chi connectivity index (χ2v) is 14.5. The van der Waals surface area contributed by atoms with Crippen LogP contribution in [0, 0.1) is 5.41 Å². The van der Waals surface area contributed by atoms with Gasteiger partial charge in [0.25, 0.3) is 14.2 Å². The lowest BCUT2D eigenvalue weighted by atomic mass is 10.1. The molecule has 1 heterocycles. The molecular formula is C26H34F2O3Si. The monoisotopic (exact) mass is 460 g/mol. The van der Waals surface area contributed by atoms with Crippen LogP contribution in [0.5, 0.6) is 0 Å². The summed E-state index contributed by atoms with van der Waals surface area (Å²) in [5, 5.41) is 1.93. The third kappa shape index (κ3) is 4.43. The van der Waals surface area contributed by atoms with Gasteiger partial charge in [0.05, 0.1) is 12.0 Å². The molecule has 2 aliphatic rings.